The summed E-state index contributed by atoms with van der Waals surface area (Å²) >= 11 is 0. The number of carbonyl (C=O) groups excluding carboxylic acids is 1. The molecule has 2 atom stereocenters. The Kier molecular flexibility index (Phi) is 6.27. The number of methoxy groups -OCH3 is 2. The first-order valence-corrected chi connectivity index (χ1v) is 6.32. The molecule has 1 rings (SSSR count). The topological polar surface area (TPSA) is 88.0 Å². The molecule has 20 heavy (non-hydrogen) atoms. The van der Waals surface area contributed by atoms with Crippen molar-refractivity contribution in [2.45, 2.75) is 25.6 Å². The van der Waals surface area contributed by atoms with Crippen LogP contribution in [-0.2, 0) is 4.79 Å². The fourth-order valence-corrected chi connectivity index (χ4v) is 1.81. The van der Waals surface area contributed by atoms with Gasteiger partial charge in [0.05, 0.1) is 20.3 Å². The van der Waals surface area contributed by atoms with E-state index in [4.69, 9.17) is 9.47 Å². The molecule has 0 aliphatic carbocycles. The smallest absolute Gasteiger partial charge is 0.216 e. The van der Waals surface area contributed by atoms with E-state index in [2.05, 4.69) is 5.32 Å². The molecule has 0 fully saturated rings. The van der Waals surface area contributed by atoms with Crippen molar-refractivity contribution in [2.24, 2.45) is 0 Å². The highest BCUT2D eigenvalue weighted by Crippen LogP contribution is 2.31. The zero-order valence-electron chi connectivity index (χ0n) is 11.9. The van der Waals surface area contributed by atoms with Crippen LogP contribution in [0.2, 0.25) is 0 Å². The predicted molar refractivity (Wildman–Crippen MR) is 73.8 cm³/mol. The standard InChI is InChI=1S/C14H21NO5/c1-9(16)15-7-6-11(17)14(18)10-4-5-12(19-2)13(8-10)20-3/h4-5,8,11,14,17-18H,6-7H2,1-3H3,(H,15,16). The summed E-state index contributed by atoms with van der Waals surface area (Å²) in [6.45, 7) is 1.71. The van der Waals surface area contributed by atoms with Gasteiger partial charge in [0.2, 0.25) is 5.91 Å². The van der Waals surface area contributed by atoms with Crippen LogP contribution in [0.1, 0.15) is 25.0 Å². The van der Waals surface area contributed by atoms with E-state index in [1.807, 2.05) is 0 Å². The van der Waals surface area contributed by atoms with Crippen LogP contribution in [0.3, 0.4) is 0 Å². The molecule has 0 saturated carbocycles. The first-order valence-electron chi connectivity index (χ1n) is 6.32. The molecule has 6 heteroatoms. The van der Waals surface area contributed by atoms with Gasteiger partial charge in [-0.1, -0.05) is 6.07 Å². The molecule has 112 valence electrons. The molecule has 2 unspecified atom stereocenters. The minimum absolute atomic E-state index is 0.169. The molecule has 1 aromatic rings. The van der Waals surface area contributed by atoms with Crippen molar-refractivity contribution in [2.75, 3.05) is 20.8 Å². The molecule has 0 bridgehead atoms. The molecule has 0 aliphatic rings. The van der Waals surface area contributed by atoms with Gasteiger partial charge in [0.1, 0.15) is 6.10 Å². The van der Waals surface area contributed by atoms with Gasteiger partial charge in [0.15, 0.2) is 11.5 Å². The molecular formula is C14H21NO5. The van der Waals surface area contributed by atoms with E-state index in [9.17, 15) is 15.0 Å². The maximum atomic E-state index is 10.7. The molecule has 0 radical (unpaired) electrons. The maximum absolute atomic E-state index is 10.7. The number of nitrogens with one attached hydrogen (secondary N) is 1. The Bertz CT molecular complexity index is 449. The van der Waals surface area contributed by atoms with Gasteiger partial charge in [-0.05, 0) is 24.1 Å². The lowest BCUT2D eigenvalue weighted by Crippen LogP contribution is -2.27. The minimum atomic E-state index is -1.05. The van der Waals surface area contributed by atoms with Crippen molar-refractivity contribution in [3.05, 3.63) is 23.8 Å². The van der Waals surface area contributed by atoms with Gasteiger partial charge in [-0.15, -0.1) is 0 Å². The van der Waals surface area contributed by atoms with Crippen LogP contribution in [0.4, 0.5) is 0 Å². The third kappa shape index (κ3) is 4.40. The molecule has 3 N–H and O–H groups in total. The van der Waals surface area contributed by atoms with Crippen molar-refractivity contribution in [3.63, 3.8) is 0 Å². The summed E-state index contributed by atoms with van der Waals surface area (Å²) in [4.78, 5) is 10.7. The number of hydrogen-bond acceptors (Lipinski definition) is 5. The van der Waals surface area contributed by atoms with Gasteiger partial charge in [-0.25, -0.2) is 0 Å². The van der Waals surface area contributed by atoms with Gasteiger partial charge in [-0.3, -0.25) is 4.79 Å². The van der Waals surface area contributed by atoms with Gasteiger partial charge in [-0.2, -0.15) is 0 Å². The summed E-state index contributed by atoms with van der Waals surface area (Å²) in [5.41, 5.74) is 0.526. The fraction of sp³-hybridized carbons (Fsp3) is 0.500. The van der Waals surface area contributed by atoms with Crippen molar-refractivity contribution in [3.8, 4) is 11.5 Å². The van der Waals surface area contributed by atoms with Crippen molar-refractivity contribution < 1.29 is 24.5 Å². The summed E-state index contributed by atoms with van der Waals surface area (Å²) in [7, 11) is 3.03. The van der Waals surface area contributed by atoms with Gasteiger partial charge in [0.25, 0.3) is 0 Å². The Morgan fingerprint density at radius 1 is 1.25 bits per heavy atom. The Morgan fingerprint density at radius 2 is 1.90 bits per heavy atom. The average Bonchev–Trinajstić information content (AvgIpc) is 2.45. The quantitative estimate of drug-likeness (QED) is 0.683. The fourth-order valence-electron chi connectivity index (χ4n) is 1.81. The van der Waals surface area contributed by atoms with E-state index in [0.29, 0.717) is 23.6 Å². The first-order chi connectivity index (χ1) is 9.49. The summed E-state index contributed by atoms with van der Waals surface area (Å²) in [5, 5.41) is 22.5. The van der Waals surface area contributed by atoms with Crippen molar-refractivity contribution >= 4 is 5.91 Å². The average molecular weight is 283 g/mol. The third-order valence-corrected chi connectivity index (χ3v) is 2.93. The number of carbonyl (C=O) groups is 1. The third-order valence-electron chi connectivity index (χ3n) is 2.93. The second-order valence-corrected chi connectivity index (χ2v) is 4.40. The lowest BCUT2D eigenvalue weighted by molar-refractivity contribution is -0.119. The SMILES string of the molecule is COc1ccc(C(O)C(O)CCNC(C)=O)cc1OC. The molecule has 0 aliphatic heterocycles. The number of amides is 1. The molecule has 1 aromatic carbocycles. The zero-order chi connectivity index (χ0) is 15.1. The Labute approximate surface area is 118 Å². The minimum Gasteiger partial charge on any atom is -0.493 e. The second kappa shape index (κ2) is 7.72. The Hall–Kier alpha value is -1.79. The van der Waals surface area contributed by atoms with Crippen LogP contribution in [0.15, 0.2) is 18.2 Å². The number of aliphatic hydroxyl groups excluding tert-OH is 2. The summed E-state index contributed by atoms with van der Waals surface area (Å²) in [6.07, 6.45) is -1.77. The van der Waals surface area contributed by atoms with Crippen molar-refractivity contribution in [1.29, 1.82) is 0 Å². The Morgan fingerprint density at radius 3 is 2.45 bits per heavy atom. The van der Waals surface area contributed by atoms with Crippen LogP contribution >= 0.6 is 0 Å². The highest BCUT2D eigenvalue weighted by molar-refractivity contribution is 5.72. The molecule has 0 heterocycles. The molecular weight excluding hydrogens is 262 g/mol. The first kappa shape index (κ1) is 16.3. The van der Waals surface area contributed by atoms with E-state index < -0.39 is 12.2 Å². The van der Waals surface area contributed by atoms with Crippen LogP contribution in [0.25, 0.3) is 0 Å². The zero-order valence-corrected chi connectivity index (χ0v) is 11.9. The lowest BCUT2D eigenvalue weighted by atomic mass is 10.0. The van der Waals surface area contributed by atoms with E-state index in [-0.39, 0.29) is 12.3 Å². The predicted octanol–water partition coefficient (Wildman–Crippen LogP) is 0.624. The van der Waals surface area contributed by atoms with Gasteiger partial charge < -0.3 is 25.0 Å². The number of ether oxygens (including phenoxy) is 2. The van der Waals surface area contributed by atoms with Crippen LogP contribution in [-0.4, -0.2) is 43.0 Å². The molecule has 1 amide bonds. The van der Waals surface area contributed by atoms with Crippen LogP contribution in [0, 0.1) is 0 Å². The normalized spacial score (nSPS) is 13.4. The Balaban J connectivity index is 2.70. The largest absolute Gasteiger partial charge is 0.493 e. The monoisotopic (exact) mass is 283 g/mol. The second-order valence-electron chi connectivity index (χ2n) is 4.40. The lowest BCUT2D eigenvalue weighted by Gasteiger charge is -2.19. The van der Waals surface area contributed by atoms with E-state index in [0.717, 1.165) is 0 Å². The number of aliphatic hydroxyl groups is 2. The van der Waals surface area contributed by atoms with Crippen LogP contribution in [0.5, 0.6) is 11.5 Å². The van der Waals surface area contributed by atoms with Crippen LogP contribution < -0.4 is 14.8 Å². The van der Waals surface area contributed by atoms with E-state index >= 15 is 0 Å². The number of benzene rings is 1. The van der Waals surface area contributed by atoms with Crippen molar-refractivity contribution in [1.82, 2.24) is 5.32 Å². The molecule has 0 aromatic heterocycles. The summed E-state index contributed by atoms with van der Waals surface area (Å²) in [6, 6.07) is 4.94. The summed E-state index contributed by atoms with van der Waals surface area (Å²) in [5.74, 6) is 0.868. The highest BCUT2D eigenvalue weighted by Gasteiger charge is 2.19. The maximum Gasteiger partial charge on any atom is 0.216 e. The van der Waals surface area contributed by atoms with Gasteiger partial charge >= 0.3 is 0 Å². The molecule has 0 spiro atoms. The molecule has 6 nitrogen and oxygen atoms in total. The highest BCUT2D eigenvalue weighted by atomic mass is 16.5. The summed E-state index contributed by atoms with van der Waals surface area (Å²) < 4.78 is 10.3. The number of rotatable bonds is 7. The van der Waals surface area contributed by atoms with E-state index in [1.165, 1.54) is 21.1 Å². The van der Waals surface area contributed by atoms with Gasteiger partial charge in [0, 0.05) is 13.5 Å². The van der Waals surface area contributed by atoms with E-state index in [1.54, 1.807) is 18.2 Å². The molecule has 0 saturated heterocycles. The number of hydrogen-bond donors (Lipinski definition) is 3.